The molecular weight excluding hydrogens is 359 g/mol. The third-order valence-corrected chi connectivity index (χ3v) is 4.64. The molecule has 5 nitrogen and oxygen atoms in total. The number of amides is 2. The maximum atomic E-state index is 12.6. The Bertz CT molecular complexity index is 624. The minimum absolute atomic E-state index is 0.00470. The van der Waals surface area contributed by atoms with Gasteiger partial charge in [0.1, 0.15) is 0 Å². The van der Waals surface area contributed by atoms with Crippen LogP contribution >= 0.6 is 0 Å². The van der Waals surface area contributed by atoms with Gasteiger partial charge in [0.2, 0.25) is 5.91 Å². The Hall–Kier alpha value is -2.09. The first kappa shape index (κ1) is 21.2. The lowest BCUT2D eigenvalue weighted by atomic mass is 9.95. The van der Waals surface area contributed by atoms with Crippen molar-refractivity contribution in [2.24, 2.45) is 5.92 Å². The van der Waals surface area contributed by atoms with Crippen molar-refractivity contribution in [1.82, 2.24) is 15.5 Å². The summed E-state index contributed by atoms with van der Waals surface area (Å²) in [5.74, 6) is -0.436. The molecule has 0 spiro atoms. The fourth-order valence-electron chi connectivity index (χ4n) is 3.05. The van der Waals surface area contributed by atoms with Crippen LogP contribution in [0.5, 0.6) is 0 Å². The van der Waals surface area contributed by atoms with E-state index in [4.69, 9.17) is 0 Å². The normalized spacial score (nSPS) is 15.6. The number of hydrogen-bond donors (Lipinski definition) is 2. The molecule has 0 aromatic heterocycles. The molecule has 1 aromatic rings. The van der Waals surface area contributed by atoms with Gasteiger partial charge in [0.15, 0.2) is 0 Å². The Labute approximate surface area is 157 Å². The van der Waals surface area contributed by atoms with Gasteiger partial charge in [-0.3, -0.25) is 9.59 Å². The Morgan fingerprint density at radius 1 is 1.07 bits per heavy atom. The lowest BCUT2D eigenvalue weighted by Crippen LogP contribution is -2.44. The van der Waals surface area contributed by atoms with E-state index >= 15 is 0 Å². The van der Waals surface area contributed by atoms with Gasteiger partial charge >= 0.3 is 6.18 Å². The second-order valence-electron chi connectivity index (χ2n) is 6.68. The third kappa shape index (κ3) is 6.23. The number of rotatable bonds is 7. The molecule has 8 heteroatoms. The topological polar surface area (TPSA) is 61.4 Å². The summed E-state index contributed by atoms with van der Waals surface area (Å²) in [4.78, 5) is 26.2. The predicted octanol–water partition coefficient (Wildman–Crippen LogP) is 2.67. The van der Waals surface area contributed by atoms with Crippen molar-refractivity contribution in [3.8, 4) is 0 Å². The van der Waals surface area contributed by atoms with Crippen molar-refractivity contribution in [2.45, 2.75) is 32.4 Å². The van der Waals surface area contributed by atoms with Crippen LogP contribution in [0.4, 0.5) is 13.2 Å². The first-order valence-corrected chi connectivity index (χ1v) is 9.28. The number of carbonyl (C=O) groups excluding carboxylic acids is 2. The van der Waals surface area contributed by atoms with Crippen molar-refractivity contribution in [3.63, 3.8) is 0 Å². The fraction of sp³-hybridized carbons (Fsp3) is 0.579. The molecule has 1 aliphatic heterocycles. The van der Waals surface area contributed by atoms with Gasteiger partial charge in [0.05, 0.1) is 5.56 Å². The molecule has 150 valence electrons. The van der Waals surface area contributed by atoms with Crippen molar-refractivity contribution in [3.05, 3.63) is 35.4 Å². The molecule has 0 radical (unpaired) electrons. The summed E-state index contributed by atoms with van der Waals surface area (Å²) in [6, 6.07) is 4.24. The van der Waals surface area contributed by atoms with E-state index < -0.39 is 11.7 Å². The van der Waals surface area contributed by atoms with Crippen LogP contribution in [-0.4, -0.2) is 49.4 Å². The Kier molecular flexibility index (Phi) is 7.65. The van der Waals surface area contributed by atoms with Crippen LogP contribution in [0.3, 0.4) is 0 Å². The molecule has 0 saturated carbocycles. The molecule has 1 heterocycles. The van der Waals surface area contributed by atoms with E-state index in [1.807, 2.05) is 0 Å². The maximum Gasteiger partial charge on any atom is 0.416 e. The number of likely N-dealkylation sites (tertiary alicyclic amines) is 1. The van der Waals surface area contributed by atoms with Gasteiger partial charge in [-0.1, -0.05) is 6.92 Å². The Balaban J connectivity index is 1.79. The van der Waals surface area contributed by atoms with E-state index in [0.717, 1.165) is 31.6 Å². The van der Waals surface area contributed by atoms with Crippen molar-refractivity contribution in [1.29, 1.82) is 0 Å². The van der Waals surface area contributed by atoms with Gasteiger partial charge in [-0.15, -0.1) is 0 Å². The summed E-state index contributed by atoms with van der Waals surface area (Å²) in [7, 11) is 0. The van der Waals surface area contributed by atoms with Gasteiger partial charge in [0.25, 0.3) is 5.91 Å². The zero-order valence-corrected chi connectivity index (χ0v) is 15.4. The Morgan fingerprint density at radius 3 is 2.26 bits per heavy atom. The lowest BCUT2D eigenvalue weighted by Gasteiger charge is -2.31. The maximum absolute atomic E-state index is 12.6. The number of hydrogen-bond acceptors (Lipinski definition) is 3. The summed E-state index contributed by atoms with van der Waals surface area (Å²) in [5.41, 5.74) is -0.546. The molecule has 27 heavy (non-hydrogen) atoms. The molecule has 2 N–H and O–H groups in total. The number of piperidine rings is 1. The third-order valence-electron chi connectivity index (χ3n) is 4.64. The average molecular weight is 385 g/mol. The summed E-state index contributed by atoms with van der Waals surface area (Å²) in [6.07, 6.45) is -2.26. The number of benzene rings is 1. The summed E-state index contributed by atoms with van der Waals surface area (Å²) >= 11 is 0. The molecule has 1 saturated heterocycles. The van der Waals surface area contributed by atoms with Crippen LogP contribution in [0.1, 0.15) is 42.1 Å². The van der Waals surface area contributed by atoms with Gasteiger partial charge in [-0.25, -0.2) is 0 Å². The van der Waals surface area contributed by atoms with E-state index in [9.17, 15) is 22.8 Å². The molecule has 1 fully saturated rings. The molecule has 0 unspecified atom stereocenters. The molecule has 1 aliphatic rings. The highest BCUT2D eigenvalue weighted by Crippen LogP contribution is 2.29. The highest BCUT2D eigenvalue weighted by atomic mass is 19.4. The van der Waals surface area contributed by atoms with E-state index in [1.54, 1.807) is 4.90 Å². The highest BCUT2D eigenvalue weighted by molar-refractivity contribution is 5.94. The fourth-order valence-corrected chi connectivity index (χ4v) is 3.05. The molecule has 1 aromatic carbocycles. The lowest BCUT2D eigenvalue weighted by molar-refractivity contribution is -0.137. The van der Waals surface area contributed by atoms with Gasteiger partial charge in [0, 0.05) is 37.7 Å². The molecule has 2 rings (SSSR count). The molecular formula is C19H26F3N3O2. The van der Waals surface area contributed by atoms with Crippen molar-refractivity contribution < 1.29 is 22.8 Å². The standard InChI is InChI=1S/C19H26F3N3O2/c1-2-9-23-10-11-24-17(26)14-7-12-25(13-8-14)18(27)15-3-5-16(6-4-15)19(20,21)22/h3-6,14,23H,2,7-13H2,1H3,(H,24,26). The Morgan fingerprint density at radius 2 is 1.70 bits per heavy atom. The number of nitrogens with zero attached hydrogens (tertiary/aromatic N) is 1. The van der Waals surface area contributed by atoms with Crippen molar-refractivity contribution in [2.75, 3.05) is 32.7 Å². The smallest absolute Gasteiger partial charge is 0.355 e. The van der Waals surface area contributed by atoms with Gasteiger partial charge in [-0.2, -0.15) is 13.2 Å². The van der Waals surface area contributed by atoms with Crippen LogP contribution in [0.15, 0.2) is 24.3 Å². The summed E-state index contributed by atoms with van der Waals surface area (Å²) in [6.45, 7) is 5.14. The van der Waals surface area contributed by atoms with Crippen LogP contribution < -0.4 is 10.6 Å². The number of carbonyl (C=O) groups is 2. The molecule has 2 amide bonds. The van der Waals surface area contributed by atoms with Crippen LogP contribution in [0.25, 0.3) is 0 Å². The predicted molar refractivity (Wildman–Crippen MR) is 96.2 cm³/mol. The molecule has 0 aliphatic carbocycles. The van der Waals surface area contributed by atoms with E-state index in [-0.39, 0.29) is 23.3 Å². The van der Waals surface area contributed by atoms with Gasteiger partial charge < -0.3 is 15.5 Å². The van der Waals surface area contributed by atoms with E-state index in [1.165, 1.54) is 12.1 Å². The van der Waals surface area contributed by atoms with Gasteiger partial charge in [-0.05, 0) is 50.1 Å². The number of halogens is 3. The van der Waals surface area contributed by atoms with E-state index in [2.05, 4.69) is 17.6 Å². The SMILES string of the molecule is CCCNCCNC(=O)C1CCN(C(=O)c2ccc(C(F)(F)F)cc2)CC1. The zero-order chi connectivity index (χ0) is 19.9. The van der Waals surface area contributed by atoms with Crippen LogP contribution in [0, 0.1) is 5.92 Å². The van der Waals surface area contributed by atoms with Crippen LogP contribution in [-0.2, 0) is 11.0 Å². The minimum Gasteiger partial charge on any atom is -0.355 e. The molecule has 0 bridgehead atoms. The average Bonchev–Trinajstić information content (AvgIpc) is 2.66. The summed E-state index contributed by atoms with van der Waals surface area (Å²) < 4.78 is 37.8. The highest BCUT2D eigenvalue weighted by Gasteiger charge is 2.31. The summed E-state index contributed by atoms with van der Waals surface area (Å²) in [5, 5.41) is 6.10. The second-order valence-corrected chi connectivity index (χ2v) is 6.68. The molecule has 0 atom stereocenters. The number of nitrogens with one attached hydrogen (secondary N) is 2. The van der Waals surface area contributed by atoms with E-state index in [0.29, 0.717) is 32.5 Å². The van der Waals surface area contributed by atoms with Crippen molar-refractivity contribution >= 4 is 11.8 Å². The monoisotopic (exact) mass is 385 g/mol. The van der Waals surface area contributed by atoms with Crippen LogP contribution in [0.2, 0.25) is 0 Å². The largest absolute Gasteiger partial charge is 0.416 e. The first-order valence-electron chi connectivity index (χ1n) is 9.28. The first-order chi connectivity index (χ1) is 12.8. The minimum atomic E-state index is -4.42. The number of alkyl halides is 3. The zero-order valence-electron chi connectivity index (χ0n) is 15.4. The second kappa shape index (κ2) is 9.73. The quantitative estimate of drug-likeness (QED) is 0.710.